The third kappa shape index (κ3) is 2.33. The van der Waals surface area contributed by atoms with Crippen LogP contribution >= 0.6 is 0 Å². The normalized spacial score (nSPS) is 33.8. The highest BCUT2D eigenvalue weighted by atomic mass is 16.5. The number of aliphatic hydroxyl groups excluding tert-OH is 1. The Kier molecular flexibility index (Phi) is 3.78. The van der Waals surface area contributed by atoms with Gasteiger partial charge in [0.05, 0.1) is 19.1 Å². The van der Waals surface area contributed by atoms with E-state index in [9.17, 15) is 9.90 Å². The Balaban J connectivity index is 2.45. The van der Waals surface area contributed by atoms with Crippen molar-refractivity contribution in [3.63, 3.8) is 0 Å². The Bertz CT molecular complexity index is 408. The molecule has 2 rings (SSSR count). The highest BCUT2D eigenvalue weighted by Gasteiger charge is 2.54. The second-order valence-corrected chi connectivity index (χ2v) is 7.03. The van der Waals surface area contributed by atoms with Gasteiger partial charge in [0.1, 0.15) is 0 Å². The molecular formula is C16H26O3. The molecule has 0 heterocycles. The average molecular weight is 266 g/mol. The fraction of sp³-hybridized carbons (Fsp3) is 0.812. The minimum Gasteiger partial charge on any atom is -0.469 e. The molecule has 3 nitrogen and oxygen atoms in total. The maximum absolute atomic E-state index is 12.4. The van der Waals surface area contributed by atoms with Gasteiger partial charge in [-0.2, -0.15) is 0 Å². The van der Waals surface area contributed by atoms with Crippen LogP contribution < -0.4 is 0 Å². The van der Waals surface area contributed by atoms with Gasteiger partial charge < -0.3 is 9.84 Å². The van der Waals surface area contributed by atoms with Gasteiger partial charge >= 0.3 is 5.97 Å². The van der Waals surface area contributed by atoms with Crippen molar-refractivity contribution in [2.75, 3.05) is 13.7 Å². The molecule has 1 N–H and O–H groups in total. The SMILES string of the molecule is COC(=O)[C@@]12CCC(C)=C(CO)[C@@H]1CC(C)(C)CC2. The Morgan fingerprint density at radius 3 is 2.63 bits per heavy atom. The van der Waals surface area contributed by atoms with Crippen LogP contribution in [0.2, 0.25) is 0 Å². The van der Waals surface area contributed by atoms with Crippen LogP contribution in [0.3, 0.4) is 0 Å². The zero-order valence-corrected chi connectivity index (χ0v) is 12.6. The molecule has 0 aliphatic heterocycles. The number of ether oxygens (including phenoxy) is 1. The lowest BCUT2D eigenvalue weighted by molar-refractivity contribution is -0.161. The lowest BCUT2D eigenvalue weighted by Crippen LogP contribution is -2.49. The predicted octanol–water partition coefficient (Wildman–Crippen LogP) is 3.07. The first-order valence-corrected chi connectivity index (χ1v) is 7.24. The highest BCUT2D eigenvalue weighted by molar-refractivity contribution is 5.78. The van der Waals surface area contributed by atoms with Gasteiger partial charge in [-0.25, -0.2) is 0 Å². The average Bonchev–Trinajstić information content (AvgIpc) is 2.37. The molecule has 0 bridgehead atoms. The van der Waals surface area contributed by atoms with Crippen molar-refractivity contribution in [1.82, 2.24) is 0 Å². The number of carbonyl (C=O) groups is 1. The van der Waals surface area contributed by atoms with E-state index in [0.717, 1.165) is 37.7 Å². The maximum Gasteiger partial charge on any atom is 0.312 e. The van der Waals surface area contributed by atoms with Crippen LogP contribution in [-0.2, 0) is 9.53 Å². The lowest BCUT2D eigenvalue weighted by atomic mass is 9.53. The molecule has 108 valence electrons. The third-order valence-electron chi connectivity index (χ3n) is 5.35. The standard InChI is InChI=1S/C16H26O3/c1-11-5-6-16(14(18)19-4)8-7-15(2,3)9-13(16)12(11)10-17/h13,17H,5-10H2,1-4H3/t13-,16+/m0/s1. The first-order valence-electron chi connectivity index (χ1n) is 7.24. The molecule has 0 amide bonds. The summed E-state index contributed by atoms with van der Waals surface area (Å²) in [6, 6.07) is 0. The van der Waals surface area contributed by atoms with E-state index < -0.39 is 0 Å². The largest absolute Gasteiger partial charge is 0.469 e. The third-order valence-corrected chi connectivity index (χ3v) is 5.35. The van der Waals surface area contributed by atoms with Gasteiger partial charge in [0.2, 0.25) is 0 Å². The number of fused-ring (bicyclic) bond motifs is 1. The number of aliphatic hydroxyl groups is 1. The molecule has 1 saturated carbocycles. The van der Waals surface area contributed by atoms with Gasteiger partial charge in [-0.3, -0.25) is 4.79 Å². The van der Waals surface area contributed by atoms with Crippen LogP contribution in [0.25, 0.3) is 0 Å². The van der Waals surface area contributed by atoms with E-state index in [4.69, 9.17) is 4.74 Å². The van der Waals surface area contributed by atoms with Crippen LogP contribution in [0.4, 0.5) is 0 Å². The van der Waals surface area contributed by atoms with Crippen molar-refractivity contribution < 1.29 is 14.6 Å². The Labute approximate surface area is 116 Å². The van der Waals surface area contributed by atoms with E-state index in [2.05, 4.69) is 20.8 Å². The molecule has 3 heteroatoms. The van der Waals surface area contributed by atoms with E-state index in [1.54, 1.807) is 0 Å². The Morgan fingerprint density at radius 1 is 1.37 bits per heavy atom. The topological polar surface area (TPSA) is 46.5 Å². The highest BCUT2D eigenvalue weighted by Crippen LogP contribution is 2.57. The number of rotatable bonds is 2. The van der Waals surface area contributed by atoms with Crippen LogP contribution in [-0.4, -0.2) is 24.8 Å². The summed E-state index contributed by atoms with van der Waals surface area (Å²) in [6.07, 6.45) is 4.68. The van der Waals surface area contributed by atoms with Crippen molar-refractivity contribution in [3.05, 3.63) is 11.1 Å². The molecule has 0 aromatic carbocycles. The second-order valence-electron chi connectivity index (χ2n) is 7.03. The summed E-state index contributed by atoms with van der Waals surface area (Å²) < 4.78 is 5.10. The summed E-state index contributed by atoms with van der Waals surface area (Å²) in [4.78, 5) is 12.4. The number of carbonyl (C=O) groups excluding carboxylic acids is 1. The number of hydrogen-bond acceptors (Lipinski definition) is 3. The molecule has 0 spiro atoms. The van der Waals surface area contributed by atoms with Crippen LogP contribution in [0.5, 0.6) is 0 Å². The van der Waals surface area contributed by atoms with E-state index in [-0.39, 0.29) is 29.3 Å². The summed E-state index contributed by atoms with van der Waals surface area (Å²) in [5, 5.41) is 9.73. The number of esters is 1. The van der Waals surface area contributed by atoms with E-state index in [0.29, 0.717) is 0 Å². The Morgan fingerprint density at radius 2 is 2.05 bits per heavy atom. The minimum absolute atomic E-state index is 0.0747. The van der Waals surface area contributed by atoms with Crippen molar-refractivity contribution in [2.24, 2.45) is 16.7 Å². The molecule has 2 aliphatic carbocycles. The van der Waals surface area contributed by atoms with E-state index in [1.807, 2.05) is 0 Å². The summed E-state index contributed by atoms with van der Waals surface area (Å²) in [5.74, 6) is 0.0777. The van der Waals surface area contributed by atoms with Crippen molar-refractivity contribution >= 4 is 5.97 Å². The smallest absolute Gasteiger partial charge is 0.312 e. The monoisotopic (exact) mass is 266 g/mol. The molecular weight excluding hydrogens is 240 g/mol. The fourth-order valence-electron chi connectivity index (χ4n) is 4.00. The predicted molar refractivity (Wildman–Crippen MR) is 74.6 cm³/mol. The molecule has 2 atom stereocenters. The van der Waals surface area contributed by atoms with Crippen molar-refractivity contribution in [2.45, 2.75) is 52.9 Å². The number of hydrogen-bond donors (Lipinski definition) is 1. The van der Waals surface area contributed by atoms with Gasteiger partial charge in [0, 0.05) is 0 Å². The number of allylic oxidation sites excluding steroid dienone is 1. The molecule has 0 unspecified atom stereocenters. The maximum atomic E-state index is 12.4. The van der Waals surface area contributed by atoms with Gasteiger partial charge in [0.25, 0.3) is 0 Å². The number of methoxy groups -OCH3 is 1. The second kappa shape index (κ2) is 4.93. The van der Waals surface area contributed by atoms with Gasteiger partial charge in [-0.05, 0) is 55.9 Å². The molecule has 0 aromatic heterocycles. The molecule has 1 fully saturated rings. The zero-order valence-electron chi connectivity index (χ0n) is 12.6. The first kappa shape index (κ1) is 14.6. The Hall–Kier alpha value is -0.830. The summed E-state index contributed by atoms with van der Waals surface area (Å²) >= 11 is 0. The van der Waals surface area contributed by atoms with Crippen molar-refractivity contribution in [3.8, 4) is 0 Å². The zero-order chi connectivity index (χ0) is 14.3. The van der Waals surface area contributed by atoms with Gasteiger partial charge in [-0.1, -0.05) is 19.4 Å². The summed E-state index contributed by atoms with van der Waals surface area (Å²) in [7, 11) is 1.48. The molecule has 0 aromatic rings. The van der Waals surface area contributed by atoms with Gasteiger partial charge in [0.15, 0.2) is 0 Å². The summed E-state index contributed by atoms with van der Waals surface area (Å²) in [5.41, 5.74) is 2.20. The molecule has 19 heavy (non-hydrogen) atoms. The van der Waals surface area contributed by atoms with Crippen molar-refractivity contribution in [1.29, 1.82) is 0 Å². The van der Waals surface area contributed by atoms with E-state index >= 15 is 0 Å². The van der Waals surface area contributed by atoms with Crippen LogP contribution in [0.1, 0.15) is 52.9 Å². The lowest BCUT2D eigenvalue weighted by Gasteiger charge is -2.51. The first-order chi connectivity index (χ1) is 8.86. The van der Waals surface area contributed by atoms with E-state index in [1.165, 1.54) is 12.7 Å². The molecule has 0 saturated heterocycles. The molecule has 0 radical (unpaired) electrons. The molecule has 2 aliphatic rings. The van der Waals surface area contributed by atoms with Gasteiger partial charge in [-0.15, -0.1) is 0 Å². The fourth-order valence-corrected chi connectivity index (χ4v) is 4.00. The van der Waals surface area contributed by atoms with Crippen LogP contribution in [0.15, 0.2) is 11.1 Å². The summed E-state index contributed by atoms with van der Waals surface area (Å²) in [6.45, 7) is 6.68. The quantitative estimate of drug-likeness (QED) is 0.617. The minimum atomic E-state index is -0.387. The van der Waals surface area contributed by atoms with Crippen LogP contribution in [0, 0.1) is 16.7 Å².